The number of hydrogen-bond donors (Lipinski definition) is 2. The molecular formula is C17H15N3O4. The molecule has 2 heterocycles. The number of carbonyl (C=O) groups is 3. The molecule has 0 atom stereocenters. The topological polar surface area (TPSA) is 91.7 Å². The Kier molecular flexibility index (Phi) is 3.91. The van der Waals surface area contributed by atoms with Crippen LogP contribution in [0.4, 0.5) is 0 Å². The first-order valence-corrected chi connectivity index (χ1v) is 7.22. The van der Waals surface area contributed by atoms with E-state index in [1.807, 2.05) is 0 Å². The third-order valence-electron chi connectivity index (χ3n) is 3.76. The molecule has 122 valence electrons. The van der Waals surface area contributed by atoms with Crippen LogP contribution in [0.25, 0.3) is 5.70 Å². The lowest BCUT2D eigenvalue weighted by Gasteiger charge is -2.17. The van der Waals surface area contributed by atoms with E-state index in [0.29, 0.717) is 28.1 Å². The molecule has 0 saturated carbocycles. The van der Waals surface area contributed by atoms with E-state index in [1.54, 1.807) is 31.2 Å². The predicted molar refractivity (Wildman–Crippen MR) is 85.6 cm³/mol. The minimum atomic E-state index is -0.535. The minimum absolute atomic E-state index is 0.239. The summed E-state index contributed by atoms with van der Waals surface area (Å²) in [5.41, 5.74) is 6.56. The Balaban J connectivity index is 1.60. The van der Waals surface area contributed by atoms with Gasteiger partial charge < -0.3 is 4.42 Å². The number of hydrogen-bond acceptors (Lipinski definition) is 4. The van der Waals surface area contributed by atoms with Gasteiger partial charge in [0.05, 0.1) is 11.8 Å². The van der Waals surface area contributed by atoms with Crippen LogP contribution in [-0.4, -0.2) is 29.2 Å². The van der Waals surface area contributed by atoms with E-state index >= 15 is 0 Å². The van der Waals surface area contributed by atoms with Crippen molar-refractivity contribution in [2.75, 3.05) is 6.54 Å². The van der Waals surface area contributed by atoms with Gasteiger partial charge in [0.2, 0.25) is 0 Å². The molecule has 24 heavy (non-hydrogen) atoms. The first kappa shape index (κ1) is 15.5. The Morgan fingerprint density at radius 3 is 2.50 bits per heavy atom. The van der Waals surface area contributed by atoms with Gasteiger partial charge in [-0.05, 0) is 19.1 Å². The van der Waals surface area contributed by atoms with Gasteiger partial charge in [-0.15, -0.1) is 0 Å². The molecule has 3 amide bonds. The predicted octanol–water partition coefficient (Wildman–Crippen LogP) is 1.48. The van der Waals surface area contributed by atoms with Crippen molar-refractivity contribution in [1.82, 2.24) is 15.8 Å². The van der Waals surface area contributed by atoms with Crippen LogP contribution in [0.5, 0.6) is 0 Å². The molecule has 1 aliphatic heterocycles. The number of amides is 3. The second kappa shape index (κ2) is 6.04. The minimum Gasteiger partial charge on any atom is -0.469 e. The number of nitrogens with one attached hydrogen (secondary N) is 2. The van der Waals surface area contributed by atoms with E-state index in [2.05, 4.69) is 17.4 Å². The molecule has 1 aliphatic rings. The van der Waals surface area contributed by atoms with Crippen LogP contribution in [0.2, 0.25) is 0 Å². The van der Waals surface area contributed by atoms with E-state index in [4.69, 9.17) is 4.42 Å². The van der Waals surface area contributed by atoms with Crippen LogP contribution in [-0.2, 0) is 4.79 Å². The summed E-state index contributed by atoms with van der Waals surface area (Å²) in [6.45, 7) is 5.25. The van der Waals surface area contributed by atoms with Crippen molar-refractivity contribution in [2.45, 2.75) is 6.92 Å². The van der Waals surface area contributed by atoms with Crippen LogP contribution in [0, 0.1) is 6.92 Å². The van der Waals surface area contributed by atoms with Crippen molar-refractivity contribution in [3.8, 4) is 0 Å². The Hall–Kier alpha value is -3.35. The van der Waals surface area contributed by atoms with Gasteiger partial charge in [-0.25, -0.2) is 0 Å². The zero-order chi connectivity index (χ0) is 17.3. The van der Waals surface area contributed by atoms with Gasteiger partial charge in [-0.3, -0.25) is 30.1 Å². The maximum absolute atomic E-state index is 12.3. The van der Waals surface area contributed by atoms with Gasteiger partial charge >= 0.3 is 0 Å². The highest BCUT2D eigenvalue weighted by Gasteiger charge is 2.31. The number of furan rings is 1. The summed E-state index contributed by atoms with van der Waals surface area (Å²) in [6.07, 6.45) is 1.39. The molecule has 7 heteroatoms. The monoisotopic (exact) mass is 325 g/mol. The molecule has 0 aliphatic carbocycles. The highest BCUT2D eigenvalue weighted by Crippen LogP contribution is 2.30. The Bertz CT molecular complexity index is 818. The average molecular weight is 325 g/mol. The molecule has 0 saturated heterocycles. The third-order valence-corrected chi connectivity index (χ3v) is 3.76. The second-order valence-corrected chi connectivity index (χ2v) is 5.28. The van der Waals surface area contributed by atoms with Gasteiger partial charge in [0.15, 0.2) is 0 Å². The highest BCUT2D eigenvalue weighted by molar-refractivity contribution is 6.10. The van der Waals surface area contributed by atoms with Crippen molar-refractivity contribution in [1.29, 1.82) is 0 Å². The summed E-state index contributed by atoms with van der Waals surface area (Å²) < 4.78 is 5.03. The smallest absolute Gasteiger partial charge is 0.273 e. The Morgan fingerprint density at radius 2 is 1.88 bits per heavy atom. The van der Waals surface area contributed by atoms with Crippen molar-refractivity contribution in [2.24, 2.45) is 0 Å². The molecule has 2 N–H and O–H groups in total. The summed E-state index contributed by atoms with van der Waals surface area (Å²) in [6, 6.07) is 8.51. The summed E-state index contributed by atoms with van der Waals surface area (Å²) >= 11 is 0. The van der Waals surface area contributed by atoms with Gasteiger partial charge in [-0.1, -0.05) is 24.8 Å². The number of fused-ring (bicyclic) bond motifs is 1. The van der Waals surface area contributed by atoms with E-state index < -0.39 is 11.8 Å². The Morgan fingerprint density at radius 1 is 1.17 bits per heavy atom. The van der Waals surface area contributed by atoms with Gasteiger partial charge in [0.25, 0.3) is 17.7 Å². The second-order valence-electron chi connectivity index (χ2n) is 5.28. The molecule has 1 aromatic carbocycles. The van der Waals surface area contributed by atoms with E-state index in [9.17, 15) is 14.4 Å². The fourth-order valence-corrected chi connectivity index (χ4v) is 2.50. The maximum atomic E-state index is 12.3. The van der Waals surface area contributed by atoms with Crippen LogP contribution >= 0.6 is 0 Å². The van der Waals surface area contributed by atoms with E-state index in [1.165, 1.54) is 17.2 Å². The molecule has 2 aromatic rings. The molecule has 0 spiro atoms. The molecule has 1 aromatic heterocycles. The first-order chi connectivity index (χ1) is 11.5. The number of rotatable bonds is 3. The van der Waals surface area contributed by atoms with Gasteiger partial charge in [0, 0.05) is 16.8 Å². The van der Waals surface area contributed by atoms with Crippen molar-refractivity contribution < 1.29 is 18.8 Å². The van der Waals surface area contributed by atoms with Crippen molar-refractivity contribution in [3.05, 3.63) is 65.6 Å². The van der Waals surface area contributed by atoms with Crippen LogP contribution in [0.3, 0.4) is 0 Å². The van der Waals surface area contributed by atoms with E-state index in [0.717, 1.165) is 0 Å². The van der Waals surface area contributed by atoms with E-state index in [-0.39, 0.29) is 12.5 Å². The molecule has 0 bridgehead atoms. The number of aryl methyl sites for hydroxylation is 1. The van der Waals surface area contributed by atoms with Crippen LogP contribution < -0.4 is 10.9 Å². The quantitative estimate of drug-likeness (QED) is 0.836. The molecule has 0 unspecified atom stereocenters. The third kappa shape index (κ3) is 2.67. The molecule has 3 rings (SSSR count). The number of benzene rings is 1. The fraction of sp³-hybridized carbons (Fsp3) is 0.118. The maximum Gasteiger partial charge on any atom is 0.273 e. The zero-order valence-electron chi connectivity index (χ0n) is 13.0. The number of hydrazine groups is 1. The first-order valence-electron chi connectivity index (χ1n) is 7.22. The molecule has 0 radical (unpaired) electrons. The number of nitrogens with zero attached hydrogens (tertiary/aromatic N) is 1. The Labute approximate surface area is 137 Å². The van der Waals surface area contributed by atoms with Crippen LogP contribution in [0.15, 0.2) is 47.6 Å². The molecule has 7 nitrogen and oxygen atoms in total. The lowest BCUT2D eigenvalue weighted by atomic mass is 10.1. The lowest BCUT2D eigenvalue weighted by molar-refractivity contribution is -0.122. The van der Waals surface area contributed by atoms with Gasteiger partial charge in [-0.2, -0.15) is 0 Å². The summed E-state index contributed by atoms with van der Waals surface area (Å²) in [7, 11) is 0. The highest BCUT2D eigenvalue weighted by atomic mass is 16.3. The summed E-state index contributed by atoms with van der Waals surface area (Å²) in [5, 5.41) is 0. The SMILES string of the molecule is C=C1c2ccccc2C(=O)N1CC(=O)NNC(=O)c1ccoc1C. The zero-order valence-corrected chi connectivity index (χ0v) is 13.0. The molecular weight excluding hydrogens is 310 g/mol. The number of carbonyl (C=O) groups excluding carboxylic acids is 3. The normalized spacial score (nSPS) is 13.0. The fourth-order valence-electron chi connectivity index (χ4n) is 2.50. The largest absolute Gasteiger partial charge is 0.469 e. The van der Waals surface area contributed by atoms with Crippen molar-refractivity contribution in [3.63, 3.8) is 0 Å². The van der Waals surface area contributed by atoms with Crippen LogP contribution in [0.1, 0.15) is 32.0 Å². The standard InChI is InChI=1S/C17H15N3O4/c1-10-12-5-3-4-6-14(12)17(23)20(10)9-15(21)18-19-16(22)13-7-8-24-11(13)2/h3-8H,1,9H2,2H3,(H,18,21)(H,19,22). The summed E-state index contributed by atoms with van der Waals surface area (Å²) in [5.74, 6) is -0.876. The van der Waals surface area contributed by atoms with Gasteiger partial charge in [0.1, 0.15) is 12.3 Å². The summed E-state index contributed by atoms with van der Waals surface area (Å²) in [4.78, 5) is 37.5. The van der Waals surface area contributed by atoms with Crippen molar-refractivity contribution >= 4 is 23.4 Å². The lowest BCUT2D eigenvalue weighted by Crippen LogP contribution is -2.46. The molecule has 0 fully saturated rings. The average Bonchev–Trinajstić information content (AvgIpc) is 3.11.